The van der Waals surface area contributed by atoms with Crippen LogP contribution < -0.4 is 10.2 Å². The molecular weight excluding hydrogens is 378 g/mol. The van der Waals surface area contributed by atoms with E-state index >= 15 is 0 Å². The number of thioether (sulfide) groups is 1. The number of para-hydroxylation sites is 1. The van der Waals surface area contributed by atoms with Crippen LogP contribution in [0.2, 0.25) is 0 Å². The largest absolute Gasteiger partial charge is 0.444 e. The smallest absolute Gasteiger partial charge is 0.410 e. The third-order valence-corrected chi connectivity index (χ3v) is 5.26. The van der Waals surface area contributed by atoms with Crippen LogP contribution in [-0.4, -0.2) is 53.9 Å². The number of imide groups is 1. The van der Waals surface area contributed by atoms with Gasteiger partial charge >= 0.3 is 6.09 Å². The van der Waals surface area contributed by atoms with Crippen LogP contribution in [0.25, 0.3) is 6.08 Å². The minimum Gasteiger partial charge on any atom is -0.444 e. The van der Waals surface area contributed by atoms with E-state index in [0.29, 0.717) is 31.1 Å². The second kappa shape index (κ2) is 7.87. The molecule has 1 aromatic carbocycles. The number of anilines is 1. The van der Waals surface area contributed by atoms with Crippen molar-refractivity contribution in [2.24, 2.45) is 0 Å². The molecule has 1 aromatic rings. The Morgan fingerprint density at radius 1 is 1.18 bits per heavy atom. The summed E-state index contributed by atoms with van der Waals surface area (Å²) in [4.78, 5) is 39.9. The molecule has 28 heavy (non-hydrogen) atoms. The van der Waals surface area contributed by atoms with Crippen LogP contribution in [0, 0.1) is 6.92 Å². The lowest BCUT2D eigenvalue weighted by atomic mass is 10.0. The van der Waals surface area contributed by atoms with Gasteiger partial charge in [-0.15, -0.1) is 0 Å². The van der Waals surface area contributed by atoms with Crippen LogP contribution in [0.1, 0.15) is 31.9 Å². The van der Waals surface area contributed by atoms with E-state index < -0.39 is 5.60 Å². The van der Waals surface area contributed by atoms with Crippen LogP contribution in [0.5, 0.6) is 0 Å². The predicted octanol–water partition coefficient (Wildman–Crippen LogP) is 3.38. The number of nitrogens with zero attached hydrogens (tertiary/aromatic N) is 2. The van der Waals surface area contributed by atoms with E-state index in [4.69, 9.17) is 4.74 Å². The monoisotopic (exact) mass is 403 g/mol. The lowest BCUT2D eigenvalue weighted by Gasteiger charge is -2.38. The van der Waals surface area contributed by atoms with Crippen molar-refractivity contribution in [3.63, 3.8) is 0 Å². The summed E-state index contributed by atoms with van der Waals surface area (Å²) < 4.78 is 5.46. The molecule has 150 valence electrons. The fraction of sp³-hybridized carbons (Fsp3) is 0.450. The Hall–Kier alpha value is -2.48. The molecule has 0 saturated carbocycles. The number of hydrogen-bond acceptors (Lipinski definition) is 6. The molecule has 0 atom stereocenters. The maximum Gasteiger partial charge on any atom is 0.410 e. The van der Waals surface area contributed by atoms with Crippen molar-refractivity contribution in [2.45, 2.75) is 33.3 Å². The van der Waals surface area contributed by atoms with Gasteiger partial charge in [0.2, 0.25) is 0 Å². The fourth-order valence-corrected chi connectivity index (χ4v) is 3.90. The first-order valence-corrected chi connectivity index (χ1v) is 10.0. The summed E-state index contributed by atoms with van der Waals surface area (Å²) in [5, 5.41) is 1.93. The van der Waals surface area contributed by atoms with Gasteiger partial charge in [0.05, 0.1) is 4.91 Å². The first-order valence-electron chi connectivity index (χ1n) is 9.21. The highest BCUT2D eigenvalue weighted by molar-refractivity contribution is 8.18. The van der Waals surface area contributed by atoms with Gasteiger partial charge in [0, 0.05) is 31.9 Å². The minimum atomic E-state index is -0.513. The molecule has 0 spiro atoms. The van der Waals surface area contributed by atoms with Crippen LogP contribution >= 0.6 is 11.8 Å². The van der Waals surface area contributed by atoms with E-state index in [1.807, 2.05) is 45.9 Å². The molecule has 1 N–H and O–H groups in total. The van der Waals surface area contributed by atoms with Gasteiger partial charge in [-0.2, -0.15) is 0 Å². The second-order valence-electron chi connectivity index (χ2n) is 7.82. The summed E-state index contributed by atoms with van der Waals surface area (Å²) in [5.74, 6) is -0.364. The zero-order valence-corrected chi connectivity index (χ0v) is 17.4. The Balaban J connectivity index is 1.77. The van der Waals surface area contributed by atoms with Gasteiger partial charge in [0.1, 0.15) is 5.60 Å². The number of nitrogens with one attached hydrogen (secondary N) is 1. The number of aryl methyl sites for hydroxylation is 1. The number of carbonyl (C=O) groups excluding carboxylic acids is 3. The molecule has 2 aliphatic heterocycles. The van der Waals surface area contributed by atoms with Crippen LogP contribution in [0.3, 0.4) is 0 Å². The number of ether oxygens (including phenoxy) is 1. The molecule has 2 fully saturated rings. The first kappa shape index (κ1) is 20.3. The third kappa shape index (κ3) is 4.67. The summed E-state index contributed by atoms with van der Waals surface area (Å²) in [7, 11) is 0. The number of carbonyl (C=O) groups is 3. The molecule has 0 unspecified atom stereocenters. The van der Waals surface area contributed by atoms with Gasteiger partial charge in [-0.05, 0) is 56.7 Å². The van der Waals surface area contributed by atoms with E-state index in [9.17, 15) is 14.4 Å². The molecular formula is C20H25N3O4S. The Bertz CT molecular complexity index is 836. The van der Waals surface area contributed by atoms with Crippen molar-refractivity contribution < 1.29 is 19.1 Å². The maximum absolute atomic E-state index is 12.3. The SMILES string of the molecule is Cc1cccc(C=C2SC(=O)NC2=O)c1N1CCN(C(=O)OC(C)(C)C)CC1. The molecule has 0 radical (unpaired) electrons. The van der Waals surface area contributed by atoms with Gasteiger partial charge in [0.25, 0.3) is 11.1 Å². The number of amides is 3. The van der Waals surface area contributed by atoms with Gasteiger partial charge in [-0.1, -0.05) is 18.2 Å². The van der Waals surface area contributed by atoms with Gasteiger partial charge in [0.15, 0.2) is 0 Å². The van der Waals surface area contributed by atoms with Crippen molar-refractivity contribution in [2.75, 3.05) is 31.1 Å². The number of rotatable bonds is 2. The van der Waals surface area contributed by atoms with Crippen LogP contribution in [-0.2, 0) is 9.53 Å². The highest BCUT2D eigenvalue weighted by atomic mass is 32.2. The molecule has 3 rings (SSSR count). The van der Waals surface area contributed by atoms with Crippen LogP contribution in [0.4, 0.5) is 15.3 Å². The highest BCUT2D eigenvalue weighted by Gasteiger charge is 2.28. The Kier molecular flexibility index (Phi) is 5.69. The van der Waals surface area contributed by atoms with Crippen molar-refractivity contribution in [3.05, 3.63) is 34.2 Å². The summed E-state index contributed by atoms with van der Waals surface area (Å²) in [5.41, 5.74) is 2.47. The quantitative estimate of drug-likeness (QED) is 0.763. The van der Waals surface area contributed by atoms with E-state index in [1.54, 1.807) is 11.0 Å². The van der Waals surface area contributed by atoms with Crippen molar-refractivity contribution in [1.29, 1.82) is 0 Å². The van der Waals surface area contributed by atoms with E-state index in [1.165, 1.54) is 0 Å². The number of hydrogen-bond donors (Lipinski definition) is 1. The Labute approximate surface area is 169 Å². The van der Waals surface area contributed by atoms with Crippen molar-refractivity contribution in [1.82, 2.24) is 10.2 Å². The second-order valence-corrected chi connectivity index (χ2v) is 8.83. The van der Waals surface area contributed by atoms with Gasteiger partial charge in [-0.3, -0.25) is 14.9 Å². The number of piperazine rings is 1. The molecule has 7 nitrogen and oxygen atoms in total. The molecule has 0 aliphatic carbocycles. The summed E-state index contributed by atoms with van der Waals surface area (Å²) in [6, 6.07) is 5.89. The molecule has 2 aliphatic rings. The minimum absolute atomic E-state index is 0.295. The zero-order valence-electron chi connectivity index (χ0n) is 16.6. The van der Waals surface area contributed by atoms with Crippen molar-refractivity contribution >= 4 is 40.8 Å². The third-order valence-electron chi connectivity index (χ3n) is 4.45. The van der Waals surface area contributed by atoms with Crippen LogP contribution in [0.15, 0.2) is 23.1 Å². The molecule has 3 amide bonds. The summed E-state index contributed by atoms with van der Waals surface area (Å²) >= 11 is 0.913. The number of benzene rings is 1. The van der Waals surface area contributed by atoms with E-state index in [2.05, 4.69) is 10.2 Å². The maximum atomic E-state index is 12.3. The summed E-state index contributed by atoms with van der Waals surface area (Å²) in [6.45, 7) is 10.0. The van der Waals surface area contributed by atoms with Crippen molar-refractivity contribution in [3.8, 4) is 0 Å². The standard InChI is InChI=1S/C20H25N3O4S/c1-13-6-5-7-14(12-15-17(24)21-18(25)28-15)16(13)22-8-10-23(11-9-22)19(26)27-20(2,3)4/h5-7,12H,8-11H2,1-4H3,(H,21,24,25). The van der Waals surface area contributed by atoms with E-state index in [0.717, 1.165) is 28.6 Å². The molecule has 2 saturated heterocycles. The lowest BCUT2D eigenvalue weighted by Crippen LogP contribution is -2.50. The summed E-state index contributed by atoms with van der Waals surface area (Å²) in [6.07, 6.45) is 1.46. The first-order chi connectivity index (χ1) is 13.1. The fourth-order valence-electron chi connectivity index (χ4n) is 3.23. The molecule has 0 aromatic heterocycles. The average molecular weight is 404 g/mol. The Morgan fingerprint density at radius 3 is 2.43 bits per heavy atom. The lowest BCUT2D eigenvalue weighted by molar-refractivity contribution is -0.115. The van der Waals surface area contributed by atoms with E-state index in [-0.39, 0.29) is 17.2 Å². The highest BCUT2D eigenvalue weighted by Crippen LogP contribution is 2.32. The zero-order chi connectivity index (χ0) is 20.5. The molecule has 0 bridgehead atoms. The predicted molar refractivity (Wildman–Crippen MR) is 110 cm³/mol. The Morgan fingerprint density at radius 2 is 1.86 bits per heavy atom. The molecule has 2 heterocycles. The van der Waals surface area contributed by atoms with Gasteiger partial charge in [-0.25, -0.2) is 4.79 Å². The average Bonchev–Trinajstić information content (AvgIpc) is 2.91. The molecule has 8 heteroatoms. The topological polar surface area (TPSA) is 79.0 Å². The normalized spacial score (nSPS) is 19.2. The van der Waals surface area contributed by atoms with Gasteiger partial charge < -0.3 is 14.5 Å².